The molecule has 3 N–H and O–H groups in total. The first-order valence-electron chi connectivity index (χ1n) is 6.19. The van der Waals surface area contributed by atoms with Crippen LogP contribution in [-0.2, 0) is 17.8 Å². The molecule has 0 fully saturated rings. The highest BCUT2D eigenvalue weighted by Crippen LogP contribution is 2.11. The predicted molar refractivity (Wildman–Crippen MR) is 68.0 cm³/mol. The van der Waals surface area contributed by atoms with E-state index in [-0.39, 0.29) is 0 Å². The van der Waals surface area contributed by atoms with Crippen LogP contribution in [0.4, 0.5) is 0 Å². The normalized spacial score (nSPS) is 12.6. The van der Waals surface area contributed by atoms with E-state index in [0.29, 0.717) is 6.42 Å². The number of carbonyl (C=O) groups is 1. The van der Waals surface area contributed by atoms with Crippen LogP contribution in [0.25, 0.3) is 0 Å². The molecule has 96 valence electrons. The maximum atomic E-state index is 10.5. The second-order valence-electron chi connectivity index (χ2n) is 4.41. The molecule has 4 heteroatoms. The van der Waals surface area contributed by atoms with Crippen molar-refractivity contribution in [1.82, 2.24) is 4.57 Å². The van der Waals surface area contributed by atoms with Gasteiger partial charge in [-0.2, -0.15) is 0 Å². The van der Waals surface area contributed by atoms with Crippen LogP contribution in [0.5, 0.6) is 0 Å². The summed E-state index contributed by atoms with van der Waals surface area (Å²) in [6.07, 6.45) is 3.41. The first-order chi connectivity index (χ1) is 8.06. The summed E-state index contributed by atoms with van der Waals surface area (Å²) in [4.78, 5) is 10.5. The van der Waals surface area contributed by atoms with Crippen molar-refractivity contribution >= 4 is 5.97 Å². The highest BCUT2D eigenvalue weighted by Gasteiger charge is 2.10. The fourth-order valence-corrected chi connectivity index (χ4v) is 2.01. The Bertz CT molecular complexity index is 371. The molecule has 0 bridgehead atoms. The Morgan fingerprint density at radius 1 is 1.47 bits per heavy atom. The van der Waals surface area contributed by atoms with Crippen molar-refractivity contribution in [2.75, 3.05) is 0 Å². The Morgan fingerprint density at radius 3 is 2.76 bits per heavy atom. The molecule has 0 saturated heterocycles. The first-order valence-corrected chi connectivity index (χ1v) is 6.19. The largest absolute Gasteiger partial charge is 0.480 e. The number of hydrogen-bond acceptors (Lipinski definition) is 2. The monoisotopic (exact) mass is 238 g/mol. The number of aromatic nitrogens is 1. The van der Waals surface area contributed by atoms with Crippen molar-refractivity contribution in [2.45, 2.75) is 52.1 Å². The van der Waals surface area contributed by atoms with E-state index in [4.69, 9.17) is 10.8 Å². The molecule has 1 atom stereocenters. The van der Waals surface area contributed by atoms with E-state index in [9.17, 15) is 4.79 Å². The minimum atomic E-state index is -0.906. The quantitative estimate of drug-likeness (QED) is 0.713. The average molecular weight is 238 g/mol. The molecular weight excluding hydrogens is 216 g/mol. The van der Waals surface area contributed by atoms with Gasteiger partial charge in [0.05, 0.1) is 0 Å². The van der Waals surface area contributed by atoms with Gasteiger partial charge in [-0.05, 0) is 44.7 Å². The zero-order chi connectivity index (χ0) is 12.8. The van der Waals surface area contributed by atoms with Gasteiger partial charge in [0.2, 0.25) is 0 Å². The number of nitrogens with two attached hydrogens (primary N) is 1. The van der Waals surface area contributed by atoms with Gasteiger partial charge in [0.25, 0.3) is 0 Å². The summed E-state index contributed by atoms with van der Waals surface area (Å²) in [7, 11) is 0. The van der Waals surface area contributed by atoms with E-state index in [2.05, 4.69) is 30.5 Å². The Morgan fingerprint density at radius 2 is 2.18 bits per heavy atom. The second-order valence-corrected chi connectivity index (χ2v) is 4.41. The topological polar surface area (TPSA) is 68.2 Å². The zero-order valence-corrected chi connectivity index (χ0v) is 10.6. The van der Waals surface area contributed by atoms with Gasteiger partial charge in [0, 0.05) is 17.9 Å². The molecule has 1 heterocycles. The molecule has 0 aliphatic heterocycles. The van der Waals surface area contributed by atoms with E-state index in [0.717, 1.165) is 25.8 Å². The fourth-order valence-electron chi connectivity index (χ4n) is 2.01. The van der Waals surface area contributed by atoms with Crippen LogP contribution in [-0.4, -0.2) is 21.7 Å². The van der Waals surface area contributed by atoms with E-state index < -0.39 is 12.0 Å². The maximum Gasteiger partial charge on any atom is 0.320 e. The van der Waals surface area contributed by atoms with Crippen LogP contribution < -0.4 is 5.73 Å². The molecular formula is C13H22N2O2. The minimum absolute atomic E-state index is 0.553. The van der Waals surface area contributed by atoms with E-state index in [1.54, 1.807) is 0 Å². The number of rotatable bonds is 7. The Labute approximate surface area is 102 Å². The lowest BCUT2D eigenvalue weighted by molar-refractivity contribution is -0.138. The van der Waals surface area contributed by atoms with Crippen LogP contribution in [0.1, 0.15) is 37.6 Å². The predicted octanol–water partition coefficient (Wildman–Crippen LogP) is 1.94. The molecule has 0 aliphatic carbocycles. The number of unbranched alkanes of at least 4 members (excludes halogenated alkanes) is 1. The summed E-state index contributed by atoms with van der Waals surface area (Å²) in [5.74, 6) is -0.906. The Kier molecular flexibility index (Phi) is 5.22. The molecule has 0 radical (unpaired) electrons. The molecule has 1 aromatic heterocycles. The number of carboxylic acids is 1. The van der Waals surface area contributed by atoms with Crippen LogP contribution in [0.2, 0.25) is 0 Å². The van der Waals surface area contributed by atoms with Crippen LogP contribution >= 0.6 is 0 Å². The highest BCUT2D eigenvalue weighted by atomic mass is 16.4. The molecule has 0 aliphatic rings. The number of aryl methyl sites for hydroxylation is 2. The molecule has 4 nitrogen and oxygen atoms in total. The highest BCUT2D eigenvalue weighted by molar-refractivity contribution is 5.72. The summed E-state index contributed by atoms with van der Waals surface area (Å²) >= 11 is 0. The lowest BCUT2D eigenvalue weighted by atomic mass is 10.1. The third-order valence-corrected chi connectivity index (χ3v) is 3.12. The Balaban J connectivity index is 2.35. The minimum Gasteiger partial charge on any atom is -0.480 e. The van der Waals surface area contributed by atoms with Gasteiger partial charge in [0.15, 0.2) is 0 Å². The first kappa shape index (κ1) is 13.8. The molecule has 1 aromatic rings. The number of hydrogen-bond donors (Lipinski definition) is 2. The van der Waals surface area contributed by atoms with Crippen molar-refractivity contribution in [2.24, 2.45) is 5.73 Å². The summed E-state index contributed by atoms with van der Waals surface area (Å²) in [5, 5.41) is 8.66. The fraction of sp³-hybridized carbons (Fsp3) is 0.615. The molecule has 17 heavy (non-hydrogen) atoms. The van der Waals surface area contributed by atoms with Crippen molar-refractivity contribution < 1.29 is 9.90 Å². The third-order valence-electron chi connectivity index (χ3n) is 3.12. The van der Waals surface area contributed by atoms with Crippen molar-refractivity contribution in [3.8, 4) is 0 Å². The molecule has 0 saturated carbocycles. The Hall–Kier alpha value is -1.29. The lowest BCUT2D eigenvalue weighted by Gasteiger charge is -2.11. The number of carboxylic acid groups (broad SMARTS) is 1. The summed E-state index contributed by atoms with van der Waals surface area (Å²) in [6, 6.07) is 3.56. The van der Waals surface area contributed by atoms with Crippen LogP contribution in [0.3, 0.4) is 0 Å². The van der Waals surface area contributed by atoms with Gasteiger partial charge in [-0.1, -0.05) is 6.92 Å². The van der Waals surface area contributed by atoms with E-state index in [1.807, 2.05) is 0 Å². The van der Waals surface area contributed by atoms with E-state index in [1.165, 1.54) is 11.4 Å². The molecule has 0 aromatic carbocycles. The van der Waals surface area contributed by atoms with Gasteiger partial charge in [-0.3, -0.25) is 4.79 Å². The average Bonchev–Trinajstić information content (AvgIpc) is 2.65. The standard InChI is InChI=1S/C13H22N2O2/c1-3-11-8-7-10(2)15(11)9-5-4-6-12(14)13(16)17/h7-8,12H,3-6,9,14H2,1-2H3,(H,16,17). The maximum absolute atomic E-state index is 10.5. The van der Waals surface area contributed by atoms with Crippen molar-refractivity contribution in [3.63, 3.8) is 0 Å². The molecule has 0 spiro atoms. The molecule has 1 unspecified atom stereocenters. The summed E-state index contributed by atoms with van der Waals surface area (Å²) in [5.41, 5.74) is 8.06. The third kappa shape index (κ3) is 3.89. The number of nitrogens with zero attached hydrogens (tertiary/aromatic N) is 1. The van der Waals surface area contributed by atoms with Crippen LogP contribution in [0, 0.1) is 6.92 Å². The molecule has 0 amide bonds. The van der Waals surface area contributed by atoms with E-state index >= 15 is 0 Å². The SMILES string of the molecule is CCc1ccc(C)n1CCCCC(N)C(=O)O. The van der Waals surface area contributed by atoms with Gasteiger partial charge in [-0.25, -0.2) is 0 Å². The van der Waals surface area contributed by atoms with Gasteiger partial charge in [0.1, 0.15) is 6.04 Å². The van der Waals surface area contributed by atoms with Crippen molar-refractivity contribution in [3.05, 3.63) is 23.5 Å². The number of aliphatic carboxylic acids is 1. The smallest absolute Gasteiger partial charge is 0.320 e. The zero-order valence-electron chi connectivity index (χ0n) is 10.6. The summed E-state index contributed by atoms with van der Waals surface area (Å²) in [6.45, 7) is 5.20. The van der Waals surface area contributed by atoms with Crippen molar-refractivity contribution in [1.29, 1.82) is 0 Å². The lowest BCUT2D eigenvalue weighted by Crippen LogP contribution is -2.29. The van der Waals surface area contributed by atoms with Crippen LogP contribution in [0.15, 0.2) is 12.1 Å². The van der Waals surface area contributed by atoms with Gasteiger partial charge in [-0.15, -0.1) is 0 Å². The second kappa shape index (κ2) is 6.45. The summed E-state index contributed by atoms with van der Waals surface area (Å²) < 4.78 is 2.30. The molecule has 1 rings (SSSR count). The van der Waals surface area contributed by atoms with Gasteiger partial charge < -0.3 is 15.4 Å². The van der Waals surface area contributed by atoms with Gasteiger partial charge >= 0.3 is 5.97 Å².